The second-order valence-electron chi connectivity index (χ2n) is 7.85. The minimum Gasteiger partial charge on any atom is -0.352 e. The number of nitrogens with two attached hydrogens (primary N) is 1. The number of aryl methyl sites for hydroxylation is 2. The van der Waals surface area contributed by atoms with Gasteiger partial charge in [0.1, 0.15) is 6.04 Å². The van der Waals surface area contributed by atoms with Gasteiger partial charge in [0.25, 0.3) is 11.6 Å². The summed E-state index contributed by atoms with van der Waals surface area (Å²) in [7, 11) is 0. The van der Waals surface area contributed by atoms with E-state index in [-0.39, 0.29) is 23.9 Å². The third-order valence-electron chi connectivity index (χ3n) is 5.36. The number of carbonyl (C=O) groups is 2. The fraction of sp³-hybridized carbons (Fsp3) is 0.579. The lowest BCUT2D eigenvalue weighted by molar-refractivity contribution is -0.125. The molecule has 2 aromatic heterocycles. The molecule has 0 saturated carbocycles. The van der Waals surface area contributed by atoms with Crippen molar-refractivity contribution >= 4 is 22.9 Å². The Labute approximate surface area is 157 Å². The third-order valence-corrected chi connectivity index (χ3v) is 5.36. The van der Waals surface area contributed by atoms with Gasteiger partial charge in [0.15, 0.2) is 0 Å². The maximum absolute atomic E-state index is 13.6. The van der Waals surface area contributed by atoms with Crippen LogP contribution in [-0.4, -0.2) is 51.5 Å². The number of rotatable bonds is 3. The van der Waals surface area contributed by atoms with Crippen LogP contribution in [0.15, 0.2) is 4.52 Å². The molecule has 1 aliphatic carbocycles. The Balaban J connectivity index is 1.78. The van der Waals surface area contributed by atoms with Crippen molar-refractivity contribution in [2.75, 3.05) is 6.54 Å². The monoisotopic (exact) mass is 371 g/mol. The van der Waals surface area contributed by atoms with E-state index in [2.05, 4.69) is 15.5 Å². The zero-order chi connectivity index (χ0) is 19.3. The molecule has 8 heteroatoms. The number of carbonyl (C=O) groups excluding carboxylic acids is 2. The highest BCUT2D eigenvalue weighted by molar-refractivity contribution is 6.09. The van der Waals surface area contributed by atoms with Crippen molar-refractivity contribution < 1.29 is 14.1 Å². The van der Waals surface area contributed by atoms with E-state index >= 15 is 0 Å². The minimum atomic E-state index is -0.560. The highest BCUT2D eigenvalue weighted by Crippen LogP contribution is 2.34. The first-order valence-electron chi connectivity index (χ1n) is 9.51. The smallest absolute Gasteiger partial charge is 0.259 e. The average molecular weight is 371 g/mol. The fourth-order valence-corrected chi connectivity index (χ4v) is 4.22. The molecule has 144 valence electrons. The van der Waals surface area contributed by atoms with Gasteiger partial charge in [0.05, 0.1) is 16.6 Å². The molecular formula is C19H25N5O3. The lowest BCUT2D eigenvalue weighted by Gasteiger charge is -2.25. The van der Waals surface area contributed by atoms with Crippen LogP contribution in [-0.2, 0) is 17.6 Å². The summed E-state index contributed by atoms with van der Waals surface area (Å²) in [6.07, 6.45) is 3.04. The molecule has 3 heterocycles. The van der Waals surface area contributed by atoms with Crippen LogP contribution < -0.4 is 11.1 Å². The number of hydrogen-bond donors (Lipinski definition) is 2. The standard InChI is InChI=1S/C19H25N5O3/c1-9(2)21-17(25)14-7-11(20)8-24(14)19(26)16-12-5-4-6-13(12)22-18-15(16)10(3)23-27-18/h9,11,14H,4-8,20H2,1-3H3,(H,21,25)/t11-,14-/m0/s1. The van der Waals surface area contributed by atoms with Crippen molar-refractivity contribution in [1.29, 1.82) is 0 Å². The summed E-state index contributed by atoms with van der Waals surface area (Å²) < 4.78 is 5.34. The van der Waals surface area contributed by atoms with E-state index in [1.165, 1.54) is 0 Å². The summed E-state index contributed by atoms with van der Waals surface area (Å²) in [5, 5.41) is 7.56. The van der Waals surface area contributed by atoms with Crippen molar-refractivity contribution in [3.63, 3.8) is 0 Å². The van der Waals surface area contributed by atoms with E-state index in [1.54, 1.807) is 4.90 Å². The number of pyridine rings is 1. The number of hydrogen-bond acceptors (Lipinski definition) is 6. The van der Waals surface area contributed by atoms with Crippen LogP contribution in [0.25, 0.3) is 11.1 Å². The average Bonchev–Trinajstić information content (AvgIpc) is 3.31. The van der Waals surface area contributed by atoms with Gasteiger partial charge in [-0.2, -0.15) is 0 Å². The number of likely N-dealkylation sites (tertiary alicyclic amines) is 1. The molecule has 0 spiro atoms. The molecule has 0 radical (unpaired) electrons. The largest absolute Gasteiger partial charge is 0.352 e. The molecule has 8 nitrogen and oxygen atoms in total. The fourth-order valence-electron chi connectivity index (χ4n) is 4.22. The molecule has 1 saturated heterocycles. The second-order valence-corrected chi connectivity index (χ2v) is 7.85. The maximum Gasteiger partial charge on any atom is 0.259 e. The summed E-state index contributed by atoms with van der Waals surface area (Å²) in [5.74, 6) is -0.334. The Bertz CT molecular complexity index is 920. The second kappa shape index (κ2) is 6.60. The molecule has 0 bridgehead atoms. The van der Waals surface area contributed by atoms with Gasteiger partial charge in [-0.1, -0.05) is 5.16 Å². The summed E-state index contributed by atoms with van der Waals surface area (Å²) in [5.41, 5.74) is 9.59. The summed E-state index contributed by atoms with van der Waals surface area (Å²) in [6.45, 7) is 5.97. The van der Waals surface area contributed by atoms with E-state index in [4.69, 9.17) is 10.3 Å². The normalized spacial score (nSPS) is 21.9. The van der Waals surface area contributed by atoms with Crippen molar-refractivity contribution in [3.05, 3.63) is 22.5 Å². The van der Waals surface area contributed by atoms with E-state index < -0.39 is 6.04 Å². The molecule has 3 N–H and O–H groups in total. The van der Waals surface area contributed by atoms with Crippen molar-refractivity contribution in [2.45, 2.75) is 64.6 Å². The molecule has 2 aliphatic rings. The summed E-state index contributed by atoms with van der Waals surface area (Å²) in [6, 6.07) is -0.774. The highest BCUT2D eigenvalue weighted by atomic mass is 16.5. The molecule has 2 atom stereocenters. The number of aromatic nitrogens is 2. The van der Waals surface area contributed by atoms with E-state index in [1.807, 2.05) is 20.8 Å². The summed E-state index contributed by atoms with van der Waals surface area (Å²) in [4.78, 5) is 32.4. The van der Waals surface area contributed by atoms with Gasteiger partial charge >= 0.3 is 0 Å². The van der Waals surface area contributed by atoms with Crippen molar-refractivity contribution in [2.24, 2.45) is 5.73 Å². The Kier molecular flexibility index (Phi) is 4.38. The highest BCUT2D eigenvalue weighted by Gasteiger charge is 2.41. The molecule has 0 aromatic carbocycles. The molecule has 4 rings (SSSR count). The van der Waals surface area contributed by atoms with Crippen LogP contribution in [0.3, 0.4) is 0 Å². The van der Waals surface area contributed by atoms with Crippen LogP contribution in [0.4, 0.5) is 0 Å². The number of nitrogens with one attached hydrogen (secondary N) is 1. The molecular weight excluding hydrogens is 346 g/mol. The zero-order valence-corrected chi connectivity index (χ0v) is 15.9. The van der Waals surface area contributed by atoms with Gasteiger partial charge in [-0.05, 0) is 52.0 Å². The SMILES string of the molecule is Cc1noc2nc3c(c(C(=O)N4C[C@@H](N)C[C@H]4C(=O)NC(C)C)c12)CCC3. The van der Waals surface area contributed by atoms with Gasteiger partial charge < -0.3 is 20.5 Å². The minimum absolute atomic E-state index is 0.00322. The van der Waals surface area contributed by atoms with Crippen molar-refractivity contribution in [3.8, 4) is 0 Å². The van der Waals surface area contributed by atoms with Crippen LogP contribution in [0.2, 0.25) is 0 Å². The maximum atomic E-state index is 13.6. The Morgan fingerprint density at radius 1 is 1.33 bits per heavy atom. The first-order chi connectivity index (χ1) is 12.9. The molecule has 1 fully saturated rings. The Hall–Kier alpha value is -2.48. The molecule has 2 aromatic rings. The van der Waals surface area contributed by atoms with Gasteiger partial charge in [-0.3, -0.25) is 9.59 Å². The van der Waals surface area contributed by atoms with Gasteiger partial charge in [0, 0.05) is 24.3 Å². The van der Waals surface area contributed by atoms with E-state index in [0.29, 0.717) is 35.3 Å². The Morgan fingerprint density at radius 3 is 2.85 bits per heavy atom. The lowest BCUT2D eigenvalue weighted by Crippen LogP contribution is -2.48. The quantitative estimate of drug-likeness (QED) is 0.835. The Morgan fingerprint density at radius 2 is 2.11 bits per heavy atom. The van der Waals surface area contributed by atoms with Crippen LogP contribution in [0.1, 0.15) is 54.0 Å². The third kappa shape index (κ3) is 2.97. The van der Waals surface area contributed by atoms with Gasteiger partial charge in [-0.25, -0.2) is 4.98 Å². The van der Waals surface area contributed by atoms with E-state index in [9.17, 15) is 9.59 Å². The van der Waals surface area contributed by atoms with Crippen LogP contribution in [0, 0.1) is 6.92 Å². The predicted octanol–water partition coefficient (Wildman–Crippen LogP) is 1.09. The topological polar surface area (TPSA) is 114 Å². The first-order valence-corrected chi connectivity index (χ1v) is 9.51. The predicted molar refractivity (Wildman–Crippen MR) is 99.3 cm³/mol. The molecule has 0 unspecified atom stereocenters. The molecule has 1 aliphatic heterocycles. The first kappa shape index (κ1) is 17.9. The van der Waals surface area contributed by atoms with E-state index in [0.717, 1.165) is 30.5 Å². The lowest BCUT2D eigenvalue weighted by atomic mass is 10.0. The van der Waals surface area contributed by atoms with Gasteiger partial charge in [-0.15, -0.1) is 0 Å². The molecule has 2 amide bonds. The number of nitrogens with zero attached hydrogens (tertiary/aromatic N) is 3. The van der Waals surface area contributed by atoms with Gasteiger partial charge in [0.2, 0.25) is 5.91 Å². The molecule has 27 heavy (non-hydrogen) atoms. The zero-order valence-electron chi connectivity index (χ0n) is 15.9. The van der Waals surface area contributed by atoms with Crippen LogP contribution >= 0.6 is 0 Å². The number of amides is 2. The summed E-state index contributed by atoms with van der Waals surface area (Å²) >= 11 is 0. The van der Waals surface area contributed by atoms with Crippen LogP contribution in [0.5, 0.6) is 0 Å². The van der Waals surface area contributed by atoms with Crippen molar-refractivity contribution in [1.82, 2.24) is 20.4 Å². The number of fused-ring (bicyclic) bond motifs is 2.